The molecule has 0 saturated carbocycles. The molecule has 1 amide bonds. The van der Waals surface area contributed by atoms with Gasteiger partial charge in [-0.2, -0.15) is 15.4 Å². The first-order chi connectivity index (χ1) is 12.0. The van der Waals surface area contributed by atoms with Crippen LogP contribution >= 0.6 is 0 Å². The van der Waals surface area contributed by atoms with E-state index in [2.05, 4.69) is 15.4 Å². The number of benzene rings is 2. The lowest BCUT2D eigenvalue weighted by molar-refractivity contribution is 0.0715. The summed E-state index contributed by atoms with van der Waals surface area (Å²) in [5.74, 6) is -2.23. The van der Waals surface area contributed by atoms with E-state index < -0.39 is 23.8 Å². The predicted molar refractivity (Wildman–Crippen MR) is 84.6 cm³/mol. The van der Waals surface area contributed by atoms with Gasteiger partial charge in [0.05, 0.1) is 12.1 Å². The van der Waals surface area contributed by atoms with Gasteiger partial charge in [-0.1, -0.05) is 6.07 Å². The minimum Gasteiger partial charge on any atom is -0.391 e. The highest BCUT2D eigenvalue weighted by atomic mass is 19.2. The fraction of sp³-hybridized carbons (Fsp3) is 0.235. The van der Waals surface area contributed by atoms with Crippen LogP contribution in [0, 0.1) is 11.6 Å². The van der Waals surface area contributed by atoms with E-state index >= 15 is 0 Å². The molecule has 3 aromatic rings. The van der Waals surface area contributed by atoms with E-state index in [9.17, 15) is 18.7 Å². The molecule has 1 aliphatic heterocycles. The van der Waals surface area contributed by atoms with Crippen LogP contribution in [0.5, 0.6) is 0 Å². The number of carbonyl (C=O) groups excluding carboxylic acids is 1. The first kappa shape index (κ1) is 15.6. The van der Waals surface area contributed by atoms with Gasteiger partial charge in [-0.3, -0.25) is 4.79 Å². The second kappa shape index (κ2) is 5.89. The second-order valence-electron chi connectivity index (χ2n) is 6.06. The lowest BCUT2D eigenvalue weighted by atomic mass is 10.0. The molecular formula is C17H14F2N4O2. The topological polar surface area (TPSA) is 82.1 Å². The summed E-state index contributed by atoms with van der Waals surface area (Å²) in [6, 6.07) is 7.91. The number of aromatic nitrogens is 3. The fourth-order valence-corrected chi connectivity index (χ4v) is 3.21. The average molecular weight is 344 g/mol. The van der Waals surface area contributed by atoms with E-state index in [1.165, 1.54) is 11.0 Å². The number of β-amino-alcohol motifs (C(OH)–C–C–N with tert-alkyl or cyclic N) is 1. The summed E-state index contributed by atoms with van der Waals surface area (Å²) < 4.78 is 26.7. The van der Waals surface area contributed by atoms with Gasteiger partial charge in [0.1, 0.15) is 11.0 Å². The zero-order chi connectivity index (χ0) is 17.6. The van der Waals surface area contributed by atoms with Crippen molar-refractivity contribution in [1.29, 1.82) is 0 Å². The monoisotopic (exact) mass is 344 g/mol. The van der Waals surface area contributed by atoms with E-state index in [0.717, 1.165) is 12.1 Å². The van der Waals surface area contributed by atoms with Gasteiger partial charge >= 0.3 is 0 Å². The SMILES string of the molecule is O=C(c1ccc2n[nH]nc2c1)N1C[C@H](O)C[C@H]1c1ccc(F)c(F)c1. The Balaban J connectivity index is 1.68. The van der Waals surface area contributed by atoms with Crippen molar-refractivity contribution in [3.05, 3.63) is 59.2 Å². The Morgan fingerprint density at radius 1 is 1.12 bits per heavy atom. The van der Waals surface area contributed by atoms with Crippen molar-refractivity contribution in [2.75, 3.05) is 6.54 Å². The zero-order valence-corrected chi connectivity index (χ0v) is 13.0. The van der Waals surface area contributed by atoms with Crippen molar-refractivity contribution in [1.82, 2.24) is 20.3 Å². The van der Waals surface area contributed by atoms with Gasteiger partial charge in [0.15, 0.2) is 11.6 Å². The summed E-state index contributed by atoms with van der Waals surface area (Å²) >= 11 is 0. The maximum absolute atomic E-state index is 13.6. The van der Waals surface area contributed by atoms with Crippen molar-refractivity contribution < 1.29 is 18.7 Å². The highest BCUT2D eigenvalue weighted by Crippen LogP contribution is 2.34. The molecule has 0 aliphatic carbocycles. The van der Waals surface area contributed by atoms with E-state index in [-0.39, 0.29) is 18.9 Å². The van der Waals surface area contributed by atoms with Crippen molar-refractivity contribution in [2.24, 2.45) is 0 Å². The standard InChI is InChI=1S/C17H14F2N4O2/c18-12-3-1-9(5-13(12)19)16-7-11(24)8-23(16)17(25)10-2-4-14-15(6-10)21-22-20-14/h1-6,11,16,24H,7-8H2,(H,20,21,22)/t11-,16+/m1/s1. The van der Waals surface area contributed by atoms with Crippen LogP contribution < -0.4 is 0 Å². The molecule has 2 N–H and O–H groups in total. The average Bonchev–Trinajstić information content (AvgIpc) is 3.22. The minimum absolute atomic E-state index is 0.124. The quantitative estimate of drug-likeness (QED) is 0.747. The number of hydrogen-bond donors (Lipinski definition) is 2. The number of carbonyl (C=O) groups is 1. The third-order valence-electron chi connectivity index (χ3n) is 4.43. The molecule has 8 heteroatoms. The van der Waals surface area contributed by atoms with Crippen LogP contribution in [0.2, 0.25) is 0 Å². The molecule has 2 atom stereocenters. The van der Waals surface area contributed by atoms with Crippen molar-refractivity contribution >= 4 is 16.9 Å². The maximum atomic E-state index is 13.6. The number of fused-ring (bicyclic) bond motifs is 1. The number of halogens is 2. The number of nitrogens with zero attached hydrogens (tertiary/aromatic N) is 3. The molecule has 2 heterocycles. The summed E-state index contributed by atoms with van der Waals surface area (Å²) in [5, 5.41) is 20.4. The first-order valence-electron chi connectivity index (χ1n) is 7.77. The number of amides is 1. The smallest absolute Gasteiger partial charge is 0.254 e. The molecule has 1 aliphatic rings. The number of aromatic amines is 1. The van der Waals surface area contributed by atoms with E-state index in [4.69, 9.17) is 0 Å². The van der Waals surface area contributed by atoms with Gasteiger partial charge < -0.3 is 10.0 Å². The van der Waals surface area contributed by atoms with Gasteiger partial charge in [-0.25, -0.2) is 8.78 Å². The molecule has 2 aromatic carbocycles. The summed E-state index contributed by atoms with van der Waals surface area (Å²) in [7, 11) is 0. The van der Waals surface area contributed by atoms with Crippen LogP contribution in [0.3, 0.4) is 0 Å². The number of aliphatic hydroxyl groups excluding tert-OH is 1. The Hall–Kier alpha value is -2.87. The van der Waals surface area contributed by atoms with Gasteiger partial charge in [-0.05, 0) is 42.3 Å². The van der Waals surface area contributed by atoms with E-state index in [1.54, 1.807) is 18.2 Å². The zero-order valence-electron chi connectivity index (χ0n) is 13.0. The molecular weight excluding hydrogens is 330 g/mol. The molecule has 0 radical (unpaired) electrons. The number of hydrogen-bond acceptors (Lipinski definition) is 4. The molecule has 6 nitrogen and oxygen atoms in total. The number of nitrogens with one attached hydrogen (secondary N) is 1. The highest BCUT2D eigenvalue weighted by Gasteiger charge is 2.36. The third-order valence-corrected chi connectivity index (χ3v) is 4.43. The molecule has 1 fully saturated rings. The van der Waals surface area contributed by atoms with Gasteiger partial charge in [0.2, 0.25) is 0 Å². The van der Waals surface area contributed by atoms with Gasteiger partial charge in [0.25, 0.3) is 5.91 Å². The summed E-state index contributed by atoms with van der Waals surface area (Å²) in [5.41, 5.74) is 2.03. The highest BCUT2D eigenvalue weighted by molar-refractivity contribution is 5.97. The number of rotatable bonds is 2. The fourth-order valence-electron chi connectivity index (χ4n) is 3.21. The van der Waals surface area contributed by atoms with Crippen molar-refractivity contribution in [2.45, 2.75) is 18.6 Å². The molecule has 25 heavy (non-hydrogen) atoms. The van der Waals surface area contributed by atoms with Gasteiger partial charge in [-0.15, -0.1) is 0 Å². The van der Waals surface area contributed by atoms with Crippen LogP contribution in [0.25, 0.3) is 11.0 Å². The number of likely N-dealkylation sites (tertiary alicyclic amines) is 1. The van der Waals surface area contributed by atoms with Crippen LogP contribution in [0.1, 0.15) is 28.4 Å². The number of H-pyrrole nitrogens is 1. The first-order valence-corrected chi connectivity index (χ1v) is 7.77. The number of aliphatic hydroxyl groups is 1. The van der Waals surface area contributed by atoms with Crippen LogP contribution in [-0.4, -0.2) is 44.0 Å². The molecule has 128 valence electrons. The van der Waals surface area contributed by atoms with Crippen molar-refractivity contribution in [3.63, 3.8) is 0 Å². The summed E-state index contributed by atoms with van der Waals surface area (Å²) in [6.45, 7) is 0.124. The van der Waals surface area contributed by atoms with Crippen LogP contribution in [0.4, 0.5) is 8.78 Å². The lowest BCUT2D eigenvalue weighted by Gasteiger charge is -2.25. The lowest BCUT2D eigenvalue weighted by Crippen LogP contribution is -2.31. The maximum Gasteiger partial charge on any atom is 0.254 e. The third kappa shape index (κ3) is 2.74. The Morgan fingerprint density at radius 2 is 1.92 bits per heavy atom. The molecule has 0 unspecified atom stereocenters. The van der Waals surface area contributed by atoms with Crippen LogP contribution in [0.15, 0.2) is 36.4 Å². The summed E-state index contributed by atoms with van der Waals surface area (Å²) in [6.07, 6.45) is -0.457. The second-order valence-corrected chi connectivity index (χ2v) is 6.06. The molecule has 4 rings (SSSR count). The summed E-state index contributed by atoms with van der Waals surface area (Å²) in [4.78, 5) is 14.4. The Kier molecular flexibility index (Phi) is 3.69. The molecule has 0 spiro atoms. The molecule has 1 aromatic heterocycles. The molecule has 1 saturated heterocycles. The normalized spacial score (nSPS) is 20.4. The Morgan fingerprint density at radius 3 is 2.72 bits per heavy atom. The largest absolute Gasteiger partial charge is 0.391 e. The predicted octanol–water partition coefficient (Wildman–Crippen LogP) is 2.18. The Labute approximate surface area is 141 Å². The molecule has 0 bridgehead atoms. The van der Waals surface area contributed by atoms with Gasteiger partial charge in [0, 0.05) is 12.1 Å². The van der Waals surface area contributed by atoms with Crippen molar-refractivity contribution in [3.8, 4) is 0 Å². The van der Waals surface area contributed by atoms with E-state index in [1.807, 2.05) is 0 Å². The Bertz CT molecular complexity index is 959. The van der Waals surface area contributed by atoms with Crippen LogP contribution in [-0.2, 0) is 0 Å². The minimum atomic E-state index is -0.977. The van der Waals surface area contributed by atoms with E-state index in [0.29, 0.717) is 22.2 Å².